The fourth-order valence-electron chi connectivity index (χ4n) is 3.51. The zero-order valence-corrected chi connectivity index (χ0v) is 17.8. The van der Waals surface area contributed by atoms with Gasteiger partial charge in [0, 0.05) is 55.6 Å². The average molecular weight is 461 g/mol. The fraction of sp³-hybridized carbons (Fsp3) is 0.500. The second-order valence-corrected chi connectivity index (χ2v) is 7.87. The minimum absolute atomic E-state index is 0.108. The molecule has 2 aromatic rings. The van der Waals surface area contributed by atoms with Crippen LogP contribution in [0, 0.1) is 6.92 Å². The molecule has 1 aliphatic rings. The van der Waals surface area contributed by atoms with Crippen molar-refractivity contribution < 1.29 is 17.9 Å². The molecule has 3 rings (SSSR count). The van der Waals surface area contributed by atoms with Gasteiger partial charge in [-0.25, -0.2) is 4.79 Å². The van der Waals surface area contributed by atoms with Crippen LogP contribution >= 0.6 is 11.6 Å². The maximum Gasteiger partial charge on any atom is 0.422 e. The van der Waals surface area contributed by atoms with E-state index in [0.29, 0.717) is 62.0 Å². The molecule has 1 fully saturated rings. The molecule has 1 aromatic heterocycles. The van der Waals surface area contributed by atoms with Crippen LogP contribution in [0.25, 0.3) is 0 Å². The van der Waals surface area contributed by atoms with E-state index >= 15 is 0 Å². The molecule has 0 spiro atoms. The summed E-state index contributed by atoms with van der Waals surface area (Å²) in [6.07, 6.45) is -2.39. The first-order valence-corrected chi connectivity index (χ1v) is 10.3. The predicted octanol–water partition coefficient (Wildman–Crippen LogP) is 2.65. The van der Waals surface area contributed by atoms with E-state index in [1.165, 1.54) is 16.8 Å². The summed E-state index contributed by atoms with van der Waals surface area (Å²) in [5.41, 5.74) is 0.350. The van der Waals surface area contributed by atoms with E-state index in [0.717, 1.165) is 0 Å². The van der Waals surface area contributed by atoms with Gasteiger partial charge in [-0.05, 0) is 32.0 Å². The molecule has 2 heterocycles. The molecule has 0 amide bonds. The molecule has 0 radical (unpaired) electrons. The van der Waals surface area contributed by atoms with Crippen LogP contribution in [0.4, 0.5) is 18.9 Å². The molecule has 0 aliphatic carbocycles. The predicted molar refractivity (Wildman–Crippen MR) is 112 cm³/mol. The monoisotopic (exact) mass is 460 g/mol. The van der Waals surface area contributed by atoms with E-state index in [4.69, 9.17) is 16.3 Å². The molecule has 0 atom stereocenters. The summed E-state index contributed by atoms with van der Waals surface area (Å²) in [4.78, 5) is 30.6. The molecule has 0 unspecified atom stereocenters. The van der Waals surface area contributed by atoms with Gasteiger partial charge in [0.05, 0.1) is 5.69 Å². The third-order valence-corrected chi connectivity index (χ3v) is 5.36. The Morgan fingerprint density at radius 1 is 1.13 bits per heavy atom. The Morgan fingerprint density at radius 3 is 2.52 bits per heavy atom. The lowest BCUT2D eigenvalue weighted by molar-refractivity contribution is -0.153. The summed E-state index contributed by atoms with van der Waals surface area (Å²) in [6, 6.07) is 4.69. The Balaban J connectivity index is 1.55. The molecule has 0 saturated carbocycles. The molecule has 1 N–H and O–H groups in total. The lowest BCUT2D eigenvalue weighted by Gasteiger charge is -2.36. The van der Waals surface area contributed by atoms with E-state index in [1.54, 1.807) is 19.1 Å². The van der Waals surface area contributed by atoms with Crippen molar-refractivity contribution in [2.24, 2.45) is 0 Å². The van der Waals surface area contributed by atoms with Gasteiger partial charge in [-0.1, -0.05) is 11.6 Å². The molecule has 170 valence electrons. The summed E-state index contributed by atoms with van der Waals surface area (Å²) in [5, 5.41) is 0.306. The van der Waals surface area contributed by atoms with Gasteiger partial charge in [-0.15, -0.1) is 0 Å². The van der Waals surface area contributed by atoms with Gasteiger partial charge in [-0.3, -0.25) is 14.3 Å². The molecule has 0 bridgehead atoms. The number of nitrogens with zero attached hydrogens (tertiary/aromatic N) is 3. The highest BCUT2D eigenvalue weighted by molar-refractivity contribution is 6.30. The Morgan fingerprint density at radius 2 is 1.84 bits per heavy atom. The first kappa shape index (κ1) is 23.2. The molecule has 7 nitrogen and oxygen atoms in total. The van der Waals surface area contributed by atoms with Crippen LogP contribution in [0.15, 0.2) is 34.0 Å². The number of ether oxygens (including phenoxy) is 1. The molecule has 1 saturated heterocycles. The number of rotatable bonds is 7. The topological polar surface area (TPSA) is 70.6 Å². The van der Waals surface area contributed by atoms with Gasteiger partial charge in [0.15, 0.2) is 6.61 Å². The number of halogens is 4. The lowest BCUT2D eigenvalue weighted by atomic mass is 10.2. The van der Waals surface area contributed by atoms with Gasteiger partial charge in [0.25, 0.3) is 5.56 Å². The number of benzene rings is 1. The Bertz CT molecular complexity index is 1010. The summed E-state index contributed by atoms with van der Waals surface area (Å²) in [5.74, 6) is 0.108. The van der Waals surface area contributed by atoms with E-state index in [9.17, 15) is 22.8 Å². The first-order valence-electron chi connectivity index (χ1n) is 9.89. The maximum atomic E-state index is 12.6. The molecular formula is C20H24ClF3N4O3. The molecule has 1 aromatic carbocycles. The van der Waals surface area contributed by atoms with Gasteiger partial charge >= 0.3 is 11.9 Å². The van der Waals surface area contributed by atoms with Gasteiger partial charge < -0.3 is 14.6 Å². The number of anilines is 1. The van der Waals surface area contributed by atoms with Crippen molar-refractivity contribution in [3.63, 3.8) is 0 Å². The molecule has 31 heavy (non-hydrogen) atoms. The van der Waals surface area contributed by atoms with E-state index in [-0.39, 0.29) is 11.3 Å². The zero-order chi connectivity index (χ0) is 22.6. The summed E-state index contributed by atoms with van der Waals surface area (Å²) in [6.45, 7) is 3.90. The van der Waals surface area contributed by atoms with Crippen molar-refractivity contribution >= 4 is 17.3 Å². The third-order valence-electron chi connectivity index (χ3n) is 5.12. The number of aromatic amines is 1. The number of aromatic nitrogens is 2. The SMILES string of the molecule is Cc1c[nH]c(=O)n(CCCN2CCN(c3ccc(Cl)cc3OCC(F)(F)F)CC2)c1=O. The third kappa shape index (κ3) is 6.27. The molecule has 11 heteroatoms. The van der Waals surface area contributed by atoms with E-state index in [1.807, 2.05) is 4.90 Å². The molecular weight excluding hydrogens is 437 g/mol. The van der Waals surface area contributed by atoms with Crippen molar-refractivity contribution in [2.45, 2.75) is 26.1 Å². The van der Waals surface area contributed by atoms with Crippen LogP contribution in [0.1, 0.15) is 12.0 Å². The summed E-state index contributed by atoms with van der Waals surface area (Å²) in [7, 11) is 0. The average Bonchev–Trinajstić information content (AvgIpc) is 2.72. The van der Waals surface area contributed by atoms with Crippen molar-refractivity contribution in [1.82, 2.24) is 14.5 Å². The number of aryl methyl sites for hydroxylation is 1. The lowest BCUT2D eigenvalue weighted by Crippen LogP contribution is -2.47. The Hall–Kier alpha value is -2.46. The number of H-pyrrole nitrogens is 1. The minimum Gasteiger partial charge on any atom is -0.482 e. The fourth-order valence-corrected chi connectivity index (χ4v) is 3.67. The van der Waals surface area contributed by atoms with Crippen LogP contribution in [0.2, 0.25) is 5.02 Å². The van der Waals surface area contributed by atoms with Crippen LogP contribution in [-0.4, -0.2) is 60.0 Å². The van der Waals surface area contributed by atoms with Gasteiger partial charge in [0.2, 0.25) is 0 Å². The van der Waals surface area contributed by atoms with Crippen molar-refractivity contribution in [1.29, 1.82) is 0 Å². The van der Waals surface area contributed by atoms with Gasteiger partial charge in [0.1, 0.15) is 5.75 Å². The Kier molecular flexibility index (Phi) is 7.32. The number of alkyl halides is 3. The van der Waals surface area contributed by atoms with E-state index in [2.05, 4.69) is 9.88 Å². The van der Waals surface area contributed by atoms with Crippen LogP contribution in [0.3, 0.4) is 0 Å². The van der Waals surface area contributed by atoms with Crippen molar-refractivity contribution in [3.8, 4) is 5.75 Å². The summed E-state index contributed by atoms with van der Waals surface area (Å²) >= 11 is 5.93. The minimum atomic E-state index is -4.43. The zero-order valence-electron chi connectivity index (χ0n) is 17.0. The summed E-state index contributed by atoms with van der Waals surface area (Å²) < 4.78 is 43.9. The number of hydrogen-bond acceptors (Lipinski definition) is 5. The highest BCUT2D eigenvalue weighted by atomic mass is 35.5. The van der Waals surface area contributed by atoms with Crippen LogP contribution < -0.4 is 20.9 Å². The highest BCUT2D eigenvalue weighted by Gasteiger charge is 2.29. The second-order valence-electron chi connectivity index (χ2n) is 7.43. The first-order chi connectivity index (χ1) is 14.6. The van der Waals surface area contributed by atoms with E-state index < -0.39 is 18.5 Å². The quantitative estimate of drug-likeness (QED) is 0.688. The number of nitrogens with one attached hydrogen (secondary N) is 1. The highest BCUT2D eigenvalue weighted by Crippen LogP contribution is 2.33. The normalized spacial score (nSPS) is 15.3. The van der Waals surface area contributed by atoms with Crippen molar-refractivity contribution in [2.75, 3.05) is 44.2 Å². The second kappa shape index (κ2) is 9.78. The standard InChI is InChI=1S/C20H24ClF3N4O3/c1-14-12-25-19(30)28(18(14)29)6-2-5-26-7-9-27(10-8-26)16-4-3-15(21)11-17(16)31-13-20(22,23)24/h3-4,11-12H,2,5-10,13H2,1H3,(H,25,30). The Labute approximate surface area is 182 Å². The largest absolute Gasteiger partial charge is 0.482 e. The maximum absolute atomic E-state index is 12.6. The number of piperazine rings is 1. The number of hydrogen-bond donors (Lipinski definition) is 1. The smallest absolute Gasteiger partial charge is 0.422 e. The van der Waals surface area contributed by atoms with Crippen LogP contribution in [-0.2, 0) is 6.54 Å². The molecule has 1 aliphatic heterocycles. The van der Waals surface area contributed by atoms with Gasteiger partial charge in [-0.2, -0.15) is 13.2 Å². The van der Waals surface area contributed by atoms with Crippen LogP contribution in [0.5, 0.6) is 5.75 Å². The van der Waals surface area contributed by atoms with Crippen molar-refractivity contribution in [3.05, 3.63) is 55.8 Å².